The summed E-state index contributed by atoms with van der Waals surface area (Å²) in [5, 5.41) is 9.98. The average molecular weight is 454 g/mol. The van der Waals surface area contributed by atoms with E-state index in [1.165, 1.54) is 6.33 Å². The Morgan fingerprint density at radius 1 is 1.28 bits per heavy atom. The molecule has 1 aliphatic rings. The molecule has 8 nitrogen and oxygen atoms in total. The normalized spacial score (nSPS) is 18.9. The number of aromatic nitrogens is 3. The summed E-state index contributed by atoms with van der Waals surface area (Å²) in [6.45, 7) is 0.759. The van der Waals surface area contributed by atoms with E-state index in [0.717, 1.165) is 5.82 Å². The number of anilines is 3. The molecule has 1 amide bonds. The molecule has 4 N–H and O–H groups in total. The Labute approximate surface area is 185 Å². The number of nitrogens with zero attached hydrogens (tertiary/aromatic N) is 4. The number of alkyl halides is 3. The quantitative estimate of drug-likeness (QED) is 0.557. The van der Waals surface area contributed by atoms with Crippen molar-refractivity contribution >= 4 is 23.0 Å². The highest BCUT2D eigenvalue weighted by Crippen LogP contribution is 2.39. The summed E-state index contributed by atoms with van der Waals surface area (Å²) in [6, 6.07) is 3.42. The van der Waals surface area contributed by atoms with Gasteiger partial charge >= 0.3 is 6.18 Å². The maximum Gasteiger partial charge on any atom is 0.391 e. The lowest BCUT2D eigenvalue weighted by Crippen LogP contribution is -2.35. The molecule has 0 aliphatic heterocycles. The second kappa shape index (κ2) is 9.66. The van der Waals surface area contributed by atoms with Crippen molar-refractivity contribution in [2.24, 2.45) is 18.9 Å². The molecule has 0 saturated heterocycles. The van der Waals surface area contributed by atoms with E-state index >= 15 is 0 Å². The van der Waals surface area contributed by atoms with Crippen molar-refractivity contribution in [2.45, 2.75) is 38.4 Å². The minimum atomic E-state index is -4.14. The lowest BCUT2D eigenvalue weighted by Gasteiger charge is -2.30. The van der Waals surface area contributed by atoms with Crippen LogP contribution in [0, 0.1) is 11.8 Å². The van der Waals surface area contributed by atoms with Crippen LogP contribution in [-0.4, -0.2) is 47.5 Å². The van der Waals surface area contributed by atoms with Crippen molar-refractivity contribution < 1.29 is 18.0 Å². The van der Waals surface area contributed by atoms with Crippen LogP contribution in [-0.2, 0) is 13.6 Å². The van der Waals surface area contributed by atoms with Crippen LogP contribution >= 0.6 is 0 Å². The van der Waals surface area contributed by atoms with Gasteiger partial charge in [0.15, 0.2) is 0 Å². The molecule has 1 aromatic heterocycles. The molecule has 1 fully saturated rings. The van der Waals surface area contributed by atoms with Gasteiger partial charge in [0, 0.05) is 27.7 Å². The highest BCUT2D eigenvalue weighted by Gasteiger charge is 2.41. The van der Waals surface area contributed by atoms with Crippen molar-refractivity contribution in [3.8, 4) is 0 Å². The monoisotopic (exact) mass is 453 g/mol. The summed E-state index contributed by atoms with van der Waals surface area (Å²) >= 11 is 0. The van der Waals surface area contributed by atoms with Crippen LogP contribution in [0.25, 0.3) is 0 Å². The molecule has 11 heteroatoms. The largest absolute Gasteiger partial charge is 0.397 e. The zero-order valence-electron chi connectivity index (χ0n) is 18.5. The maximum atomic E-state index is 13.0. The third-order valence-electron chi connectivity index (χ3n) is 6.14. The van der Waals surface area contributed by atoms with Gasteiger partial charge < -0.3 is 21.3 Å². The van der Waals surface area contributed by atoms with E-state index in [1.54, 1.807) is 30.9 Å². The van der Waals surface area contributed by atoms with Crippen LogP contribution < -0.4 is 21.3 Å². The van der Waals surface area contributed by atoms with Gasteiger partial charge in [-0.25, -0.2) is 4.98 Å². The first-order valence-electron chi connectivity index (χ1n) is 10.6. The maximum absolute atomic E-state index is 13.0. The Bertz CT molecular complexity index is 936. The molecule has 0 unspecified atom stereocenters. The number of hydrogen-bond acceptors (Lipinski definition) is 6. The van der Waals surface area contributed by atoms with E-state index in [9.17, 15) is 18.0 Å². The predicted molar refractivity (Wildman–Crippen MR) is 117 cm³/mol. The number of carbonyl (C=O) groups is 1. The second-order valence-corrected chi connectivity index (χ2v) is 8.33. The molecule has 176 valence electrons. The van der Waals surface area contributed by atoms with Gasteiger partial charge in [-0.15, -0.1) is 0 Å². The predicted octanol–water partition coefficient (Wildman–Crippen LogP) is 3.17. The van der Waals surface area contributed by atoms with Gasteiger partial charge in [0.05, 0.1) is 35.1 Å². The number of nitrogens with one attached hydrogen (secondary N) is 2. The van der Waals surface area contributed by atoms with Gasteiger partial charge in [-0.1, -0.05) is 0 Å². The number of hydrogen-bond donors (Lipinski definition) is 3. The van der Waals surface area contributed by atoms with Crippen LogP contribution in [0.1, 0.15) is 41.9 Å². The van der Waals surface area contributed by atoms with Crippen molar-refractivity contribution in [2.75, 3.05) is 36.6 Å². The smallest absolute Gasteiger partial charge is 0.391 e. The molecule has 3 rings (SSSR count). The van der Waals surface area contributed by atoms with Crippen molar-refractivity contribution in [1.82, 2.24) is 20.1 Å². The van der Waals surface area contributed by atoms with E-state index in [4.69, 9.17) is 5.73 Å². The first-order valence-corrected chi connectivity index (χ1v) is 10.6. The average Bonchev–Trinajstić information content (AvgIpc) is 3.15. The van der Waals surface area contributed by atoms with Crippen LogP contribution in [0.4, 0.5) is 30.2 Å². The van der Waals surface area contributed by atoms with E-state index in [2.05, 4.69) is 20.7 Å². The molecule has 2 aromatic rings. The highest BCUT2D eigenvalue weighted by molar-refractivity contribution is 6.02. The molecule has 1 aliphatic carbocycles. The van der Waals surface area contributed by atoms with Crippen LogP contribution in [0.2, 0.25) is 0 Å². The molecular weight excluding hydrogens is 423 g/mol. The molecule has 32 heavy (non-hydrogen) atoms. The highest BCUT2D eigenvalue weighted by atomic mass is 19.4. The van der Waals surface area contributed by atoms with Gasteiger partial charge in [-0.2, -0.15) is 18.3 Å². The molecule has 0 spiro atoms. The third kappa shape index (κ3) is 5.43. The molecule has 0 radical (unpaired) electrons. The molecule has 1 saturated carbocycles. The Hall–Kier alpha value is -2.98. The molecule has 1 aromatic carbocycles. The number of aryl methyl sites for hydroxylation is 1. The molecule has 0 atom stereocenters. The molecule has 1 heterocycles. The van der Waals surface area contributed by atoms with Crippen molar-refractivity contribution in [3.63, 3.8) is 0 Å². The third-order valence-corrected chi connectivity index (χ3v) is 6.14. The summed E-state index contributed by atoms with van der Waals surface area (Å²) < 4.78 is 40.3. The fourth-order valence-electron chi connectivity index (χ4n) is 4.11. The summed E-state index contributed by atoms with van der Waals surface area (Å²) in [7, 11) is 5.38. The number of amides is 1. The summed E-state index contributed by atoms with van der Waals surface area (Å²) in [4.78, 5) is 19.1. The van der Waals surface area contributed by atoms with E-state index in [-0.39, 0.29) is 24.7 Å². The second-order valence-electron chi connectivity index (χ2n) is 8.33. The minimum Gasteiger partial charge on any atom is -0.397 e. The van der Waals surface area contributed by atoms with E-state index in [1.807, 2.05) is 11.9 Å². The number of carbonyl (C=O) groups excluding carboxylic acids is 1. The number of halogens is 3. The standard InChI is InChI=1S/C21H30F3N7O/c1-26-17-9-18(30(2)11-19-28-12-29-31(19)3)15(8-16(17)25)20(32)27-10-13-4-6-14(7-5-13)21(22,23)24/h8-9,12-14,26H,4-7,10-11,25H2,1-3H3,(H,27,32). The van der Waals surface area contributed by atoms with Crippen molar-refractivity contribution in [3.05, 3.63) is 29.8 Å². The Morgan fingerprint density at radius 3 is 2.53 bits per heavy atom. The van der Waals surface area contributed by atoms with Gasteiger partial charge in [0.25, 0.3) is 5.91 Å². The van der Waals surface area contributed by atoms with Gasteiger partial charge in [-0.05, 0) is 43.7 Å². The topological polar surface area (TPSA) is 101 Å². The van der Waals surface area contributed by atoms with Gasteiger partial charge in [0.1, 0.15) is 12.2 Å². The van der Waals surface area contributed by atoms with Gasteiger partial charge in [0.2, 0.25) is 0 Å². The number of nitrogen functional groups attached to an aromatic ring is 1. The number of rotatable bonds is 7. The lowest BCUT2D eigenvalue weighted by atomic mass is 9.81. The van der Waals surface area contributed by atoms with Crippen LogP contribution in [0.3, 0.4) is 0 Å². The lowest BCUT2D eigenvalue weighted by molar-refractivity contribution is -0.183. The van der Waals surface area contributed by atoms with Crippen LogP contribution in [0.5, 0.6) is 0 Å². The Balaban J connectivity index is 1.71. The van der Waals surface area contributed by atoms with E-state index < -0.39 is 12.1 Å². The molecule has 0 bridgehead atoms. The first-order chi connectivity index (χ1) is 15.1. The number of nitrogens with two attached hydrogens (primary N) is 1. The minimum absolute atomic E-state index is 0.0336. The SMILES string of the molecule is CNc1cc(N(C)Cc2ncnn2C)c(C(=O)NCC2CCC(C(F)(F)F)CC2)cc1N. The summed E-state index contributed by atoms with van der Waals surface area (Å²) in [5.41, 5.74) is 8.27. The summed E-state index contributed by atoms with van der Waals surface area (Å²) in [6.07, 6.45) is -1.55. The van der Waals surface area contributed by atoms with Gasteiger partial charge in [-0.3, -0.25) is 9.48 Å². The number of benzene rings is 1. The first kappa shape index (κ1) is 23.7. The zero-order chi connectivity index (χ0) is 23.5. The zero-order valence-corrected chi connectivity index (χ0v) is 18.5. The van der Waals surface area contributed by atoms with Crippen LogP contribution in [0.15, 0.2) is 18.5 Å². The fraction of sp³-hybridized carbons (Fsp3) is 0.571. The Kier molecular flexibility index (Phi) is 7.15. The fourth-order valence-corrected chi connectivity index (χ4v) is 4.11. The molecular formula is C21H30F3N7O. The van der Waals surface area contributed by atoms with Crippen molar-refractivity contribution in [1.29, 1.82) is 0 Å². The Morgan fingerprint density at radius 2 is 1.97 bits per heavy atom. The van der Waals surface area contributed by atoms with E-state index in [0.29, 0.717) is 48.6 Å². The summed E-state index contributed by atoms with van der Waals surface area (Å²) in [5.74, 6) is -0.782.